The van der Waals surface area contributed by atoms with E-state index in [-0.39, 0.29) is 0 Å². The van der Waals surface area contributed by atoms with Crippen LogP contribution in [-0.2, 0) is 13.6 Å². The van der Waals surface area contributed by atoms with Crippen LogP contribution < -0.4 is 15.5 Å². The molecule has 1 fully saturated rings. The molecule has 8 nitrogen and oxygen atoms in total. The summed E-state index contributed by atoms with van der Waals surface area (Å²) in [7, 11) is 1.98. The van der Waals surface area contributed by atoms with Gasteiger partial charge in [0, 0.05) is 38.9 Å². The predicted molar refractivity (Wildman–Crippen MR) is 112 cm³/mol. The third-order valence-electron chi connectivity index (χ3n) is 5.19. The molecular formula is C20H32N8. The molecule has 1 aliphatic rings. The third kappa shape index (κ3) is 5.43. The van der Waals surface area contributed by atoms with E-state index in [1.165, 1.54) is 0 Å². The number of nitrogens with one attached hydrogen (secondary N) is 2. The van der Waals surface area contributed by atoms with E-state index in [4.69, 9.17) is 4.99 Å². The Labute approximate surface area is 167 Å². The molecule has 0 radical (unpaired) electrons. The number of aromatic nitrogens is 4. The van der Waals surface area contributed by atoms with Crippen LogP contribution in [0.15, 0.2) is 29.4 Å². The van der Waals surface area contributed by atoms with Gasteiger partial charge in [-0.15, -0.1) is 10.2 Å². The molecule has 0 aliphatic carbocycles. The van der Waals surface area contributed by atoms with Crippen LogP contribution in [0.3, 0.4) is 0 Å². The largest absolute Gasteiger partial charge is 0.356 e. The highest BCUT2D eigenvalue weighted by Crippen LogP contribution is 2.17. The number of pyridine rings is 1. The fourth-order valence-electron chi connectivity index (χ4n) is 3.26. The highest BCUT2D eigenvalue weighted by Gasteiger charge is 2.21. The van der Waals surface area contributed by atoms with Gasteiger partial charge in [0.05, 0.1) is 0 Å². The Hall–Kier alpha value is -2.64. The third-order valence-corrected chi connectivity index (χ3v) is 5.19. The number of guanidine groups is 1. The average molecular weight is 385 g/mol. The van der Waals surface area contributed by atoms with Crippen molar-refractivity contribution in [2.75, 3.05) is 24.5 Å². The molecule has 0 atom stereocenters. The summed E-state index contributed by atoms with van der Waals surface area (Å²) in [6, 6.07) is 6.49. The average Bonchev–Trinajstić information content (AvgIpc) is 3.05. The first-order chi connectivity index (χ1) is 13.7. The molecular weight excluding hydrogens is 352 g/mol. The van der Waals surface area contributed by atoms with Crippen LogP contribution in [0.25, 0.3) is 0 Å². The van der Waals surface area contributed by atoms with Gasteiger partial charge in [-0.05, 0) is 38.3 Å². The van der Waals surface area contributed by atoms with Crippen molar-refractivity contribution >= 4 is 11.8 Å². The van der Waals surface area contributed by atoms with Gasteiger partial charge in [-0.3, -0.25) is 0 Å². The van der Waals surface area contributed by atoms with E-state index in [0.717, 1.165) is 68.7 Å². The fourth-order valence-corrected chi connectivity index (χ4v) is 3.26. The summed E-state index contributed by atoms with van der Waals surface area (Å²) in [6.45, 7) is 7.59. The number of rotatable bonds is 7. The van der Waals surface area contributed by atoms with Gasteiger partial charge in [0.1, 0.15) is 18.2 Å². The standard InChI is InChI=1S/C20H32N8/c1-4-5-11-22-20(23-15-19-26-25-16(2)27(19)3)24-17-9-13-28(14-10-17)18-8-6-7-12-21-18/h6-8,12,17H,4-5,9-11,13-15H2,1-3H3,(H2,22,23,24). The lowest BCUT2D eigenvalue weighted by atomic mass is 10.1. The molecule has 8 heteroatoms. The van der Waals surface area contributed by atoms with Crippen molar-refractivity contribution in [1.29, 1.82) is 0 Å². The minimum Gasteiger partial charge on any atom is -0.356 e. The molecule has 0 saturated carbocycles. The van der Waals surface area contributed by atoms with Crippen LogP contribution in [0.4, 0.5) is 5.82 Å². The molecule has 0 aromatic carbocycles. The maximum Gasteiger partial charge on any atom is 0.191 e. The van der Waals surface area contributed by atoms with Crippen molar-refractivity contribution < 1.29 is 0 Å². The Bertz CT molecular complexity index is 747. The smallest absolute Gasteiger partial charge is 0.191 e. The molecule has 3 rings (SSSR count). The van der Waals surface area contributed by atoms with Crippen LogP contribution in [-0.4, -0.2) is 51.4 Å². The molecule has 0 spiro atoms. The van der Waals surface area contributed by atoms with Crippen molar-refractivity contribution in [3.05, 3.63) is 36.0 Å². The Morgan fingerprint density at radius 3 is 2.71 bits per heavy atom. The molecule has 2 aromatic rings. The molecule has 0 bridgehead atoms. The topological polar surface area (TPSA) is 83.3 Å². The monoisotopic (exact) mass is 384 g/mol. The minimum atomic E-state index is 0.411. The molecule has 2 N–H and O–H groups in total. The van der Waals surface area contributed by atoms with E-state index in [9.17, 15) is 0 Å². The number of nitrogens with zero attached hydrogens (tertiary/aromatic N) is 6. The van der Waals surface area contributed by atoms with Crippen molar-refractivity contribution in [3.8, 4) is 0 Å². The van der Waals surface area contributed by atoms with Crippen LogP contribution in [0, 0.1) is 6.92 Å². The predicted octanol–water partition coefficient (Wildman–Crippen LogP) is 2.02. The summed E-state index contributed by atoms with van der Waals surface area (Å²) in [6.07, 6.45) is 6.27. The van der Waals surface area contributed by atoms with Gasteiger partial charge in [-0.1, -0.05) is 19.4 Å². The molecule has 1 saturated heterocycles. The Morgan fingerprint density at radius 1 is 1.25 bits per heavy atom. The molecule has 3 heterocycles. The molecule has 152 valence electrons. The first-order valence-corrected chi connectivity index (χ1v) is 10.2. The number of anilines is 1. The van der Waals surface area contributed by atoms with Gasteiger partial charge in [0.25, 0.3) is 0 Å². The van der Waals surface area contributed by atoms with E-state index >= 15 is 0 Å². The number of hydrogen-bond donors (Lipinski definition) is 2. The van der Waals surface area contributed by atoms with E-state index in [1.54, 1.807) is 0 Å². The van der Waals surface area contributed by atoms with Crippen molar-refractivity contribution in [2.45, 2.75) is 52.1 Å². The lowest BCUT2D eigenvalue weighted by Crippen LogP contribution is -2.49. The number of aryl methyl sites for hydroxylation is 1. The minimum absolute atomic E-state index is 0.411. The zero-order chi connectivity index (χ0) is 19.8. The SMILES string of the molecule is CCCCNC(=NCc1nnc(C)n1C)NC1CCN(c2ccccn2)CC1. The zero-order valence-electron chi connectivity index (χ0n) is 17.2. The van der Waals surface area contributed by atoms with Gasteiger partial charge >= 0.3 is 0 Å². The van der Waals surface area contributed by atoms with Crippen LogP contribution in [0.5, 0.6) is 0 Å². The second-order valence-corrected chi connectivity index (χ2v) is 7.26. The summed E-state index contributed by atoms with van der Waals surface area (Å²) >= 11 is 0. The van der Waals surface area contributed by atoms with Crippen LogP contribution in [0.1, 0.15) is 44.3 Å². The summed E-state index contributed by atoms with van der Waals surface area (Å²) in [4.78, 5) is 11.6. The quantitative estimate of drug-likeness (QED) is 0.432. The Morgan fingerprint density at radius 2 is 2.07 bits per heavy atom. The molecule has 1 aliphatic heterocycles. The van der Waals surface area contributed by atoms with Crippen molar-refractivity contribution in [2.24, 2.45) is 12.0 Å². The molecule has 0 unspecified atom stereocenters. The first-order valence-electron chi connectivity index (χ1n) is 10.2. The summed E-state index contributed by atoms with van der Waals surface area (Å²) in [5.41, 5.74) is 0. The van der Waals surface area contributed by atoms with E-state index in [0.29, 0.717) is 12.6 Å². The van der Waals surface area contributed by atoms with Gasteiger partial charge < -0.3 is 20.1 Å². The van der Waals surface area contributed by atoms with Crippen LogP contribution >= 0.6 is 0 Å². The maximum absolute atomic E-state index is 4.76. The second kappa shape index (κ2) is 10.1. The molecule has 28 heavy (non-hydrogen) atoms. The lowest BCUT2D eigenvalue weighted by Gasteiger charge is -2.33. The van der Waals surface area contributed by atoms with Gasteiger partial charge in [-0.25, -0.2) is 9.98 Å². The van der Waals surface area contributed by atoms with Crippen molar-refractivity contribution in [3.63, 3.8) is 0 Å². The summed E-state index contributed by atoms with van der Waals surface area (Å²) in [5.74, 6) is 3.71. The lowest BCUT2D eigenvalue weighted by molar-refractivity contribution is 0.458. The molecule has 0 amide bonds. The summed E-state index contributed by atoms with van der Waals surface area (Å²) < 4.78 is 1.98. The van der Waals surface area contributed by atoms with E-state index in [2.05, 4.69) is 43.7 Å². The van der Waals surface area contributed by atoms with Gasteiger partial charge in [0.2, 0.25) is 0 Å². The normalized spacial score (nSPS) is 15.7. The number of piperidine rings is 1. The number of aliphatic imine (C=N–C) groups is 1. The number of unbranched alkanes of at least 4 members (excludes halogenated alkanes) is 1. The van der Waals surface area contributed by atoms with Crippen molar-refractivity contribution in [1.82, 2.24) is 30.4 Å². The summed E-state index contributed by atoms with van der Waals surface area (Å²) in [5, 5.41) is 15.4. The Kier molecular flexibility index (Phi) is 7.22. The number of hydrogen-bond acceptors (Lipinski definition) is 5. The Balaban J connectivity index is 1.56. The first kappa shape index (κ1) is 20.1. The van der Waals surface area contributed by atoms with Gasteiger partial charge in [-0.2, -0.15) is 0 Å². The maximum atomic E-state index is 4.76. The van der Waals surface area contributed by atoms with Crippen LogP contribution in [0.2, 0.25) is 0 Å². The molecule has 2 aromatic heterocycles. The zero-order valence-corrected chi connectivity index (χ0v) is 17.2. The fraction of sp³-hybridized carbons (Fsp3) is 0.600. The van der Waals surface area contributed by atoms with E-state index < -0.39 is 0 Å². The highest BCUT2D eigenvalue weighted by molar-refractivity contribution is 5.80. The van der Waals surface area contributed by atoms with Gasteiger partial charge in [0.15, 0.2) is 11.8 Å². The second-order valence-electron chi connectivity index (χ2n) is 7.26. The van der Waals surface area contributed by atoms with E-state index in [1.807, 2.05) is 36.9 Å². The highest BCUT2D eigenvalue weighted by atomic mass is 15.3.